The van der Waals surface area contributed by atoms with Crippen LogP contribution in [-0.4, -0.2) is 24.9 Å². The lowest BCUT2D eigenvalue weighted by Gasteiger charge is -2.22. The Labute approximate surface area is 110 Å². The van der Waals surface area contributed by atoms with Gasteiger partial charge in [0.15, 0.2) is 0 Å². The van der Waals surface area contributed by atoms with E-state index in [0.717, 1.165) is 41.8 Å². The Morgan fingerprint density at radius 2 is 2.12 bits per heavy atom. The number of ether oxygens (including phenoxy) is 2. The van der Waals surface area contributed by atoms with E-state index < -0.39 is 0 Å². The molecular weight excluding hydrogens is 284 g/mol. The molecule has 0 amide bonds. The van der Waals surface area contributed by atoms with E-state index in [9.17, 15) is 5.11 Å². The topological polar surface area (TPSA) is 38.7 Å². The summed E-state index contributed by atoms with van der Waals surface area (Å²) in [5.74, 6) is 1.35. The second kappa shape index (κ2) is 6.38. The molecule has 1 saturated heterocycles. The summed E-state index contributed by atoms with van der Waals surface area (Å²) in [4.78, 5) is 0. The zero-order chi connectivity index (χ0) is 12.1. The van der Waals surface area contributed by atoms with Gasteiger partial charge in [-0.05, 0) is 37.0 Å². The van der Waals surface area contributed by atoms with E-state index in [-0.39, 0.29) is 6.61 Å². The number of halogens is 1. The van der Waals surface area contributed by atoms with Crippen LogP contribution < -0.4 is 4.74 Å². The number of aliphatic hydroxyl groups is 1. The lowest BCUT2D eigenvalue weighted by molar-refractivity contribution is 0.0494. The molecule has 0 aliphatic carbocycles. The molecule has 1 aromatic rings. The lowest BCUT2D eigenvalue weighted by Crippen LogP contribution is -2.21. The van der Waals surface area contributed by atoms with Crippen LogP contribution in [0.5, 0.6) is 5.75 Å². The maximum atomic E-state index is 9.26. The first-order chi connectivity index (χ1) is 8.29. The molecule has 0 bridgehead atoms. The molecule has 2 rings (SSSR count). The van der Waals surface area contributed by atoms with Crippen LogP contribution in [0.2, 0.25) is 0 Å². The monoisotopic (exact) mass is 300 g/mol. The van der Waals surface area contributed by atoms with Crippen LogP contribution >= 0.6 is 15.9 Å². The van der Waals surface area contributed by atoms with Gasteiger partial charge >= 0.3 is 0 Å². The largest absolute Gasteiger partial charge is 0.493 e. The summed E-state index contributed by atoms with van der Waals surface area (Å²) in [5.41, 5.74) is 0.825. The smallest absolute Gasteiger partial charge is 0.124 e. The van der Waals surface area contributed by atoms with Crippen LogP contribution in [0.1, 0.15) is 18.4 Å². The van der Waals surface area contributed by atoms with Gasteiger partial charge in [0.2, 0.25) is 0 Å². The van der Waals surface area contributed by atoms with Gasteiger partial charge in [0.05, 0.1) is 13.2 Å². The molecule has 1 fully saturated rings. The van der Waals surface area contributed by atoms with Gasteiger partial charge in [0, 0.05) is 23.2 Å². The van der Waals surface area contributed by atoms with Crippen molar-refractivity contribution in [3.8, 4) is 5.75 Å². The van der Waals surface area contributed by atoms with Gasteiger partial charge < -0.3 is 14.6 Å². The van der Waals surface area contributed by atoms with E-state index in [4.69, 9.17) is 9.47 Å². The SMILES string of the molecule is OCc1cc(Br)ccc1OCC1CCOCC1. The maximum Gasteiger partial charge on any atom is 0.124 e. The Hall–Kier alpha value is -0.580. The highest BCUT2D eigenvalue weighted by Gasteiger charge is 2.15. The first kappa shape index (κ1) is 12.9. The number of hydrogen-bond acceptors (Lipinski definition) is 3. The minimum Gasteiger partial charge on any atom is -0.493 e. The Morgan fingerprint density at radius 3 is 2.82 bits per heavy atom. The molecule has 0 atom stereocenters. The van der Waals surface area contributed by atoms with Crippen LogP contribution in [0.4, 0.5) is 0 Å². The van der Waals surface area contributed by atoms with Crippen molar-refractivity contribution in [1.82, 2.24) is 0 Å². The van der Waals surface area contributed by atoms with Gasteiger partial charge in [0.1, 0.15) is 5.75 Å². The minimum atomic E-state index is 0.00253. The van der Waals surface area contributed by atoms with Crippen LogP contribution in [-0.2, 0) is 11.3 Å². The highest BCUT2D eigenvalue weighted by molar-refractivity contribution is 9.10. The third-order valence-corrected chi connectivity index (χ3v) is 3.50. The third kappa shape index (κ3) is 3.69. The van der Waals surface area contributed by atoms with E-state index in [2.05, 4.69) is 15.9 Å². The summed E-state index contributed by atoms with van der Waals surface area (Å²) in [7, 11) is 0. The molecule has 1 aromatic carbocycles. The van der Waals surface area contributed by atoms with Crippen molar-refractivity contribution in [2.75, 3.05) is 19.8 Å². The molecule has 1 N–H and O–H groups in total. The van der Waals surface area contributed by atoms with Crippen LogP contribution in [0.3, 0.4) is 0 Å². The minimum absolute atomic E-state index is 0.00253. The normalized spacial score (nSPS) is 17.1. The Bertz CT molecular complexity index is 362. The van der Waals surface area contributed by atoms with Crippen molar-refractivity contribution in [1.29, 1.82) is 0 Å². The Kier molecular flexibility index (Phi) is 4.83. The number of benzene rings is 1. The summed E-state index contributed by atoms with van der Waals surface area (Å²) in [5, 5.41) is 9.26. The zero-order valence-electron chi connectivity index (χ0n) is 9.69. The summed E-state index contributed by atoms with van der Waals surface area (Å²) < 4.78 is 12.1. The molecule has 1 heterocycles. The average molecular weight is 301 g/mol. The molecule has 1 aliphatic heterocycles. The highest BCUT2D eigenvalue weighted by Crippen LogP contribution is 2.25. The Balaban J connectivity index is 1.93. The molecule has 0 aromatic heterocycles. The average Bonchev–Trinajstić information content (AvgIpc) is 2.38. The molecule has 0 radical (unpaired) electrons. The number of hydrogen-bond donors (Lipinski definition) is 1. The van der Waals surface area contributed by atoms with Crippen molar-refractivity contribution >= 4 is 15.9 Å². The van der Waals surface area contributed by atoms with E-state index in [1.165, 1.54) is 0 Å². The summed E-state index contributed by atoms with van der Waals surface area (Å²) in [6, 6.07) is 5.72. The van der Waals surface area contributed by atoms with Crippen molar-refractivity contribution in [3.05, 3.63) is 28.2 Å². The third-order valence-electron chi connectivity index (χ3n) is 3.01. The van der Waals surface area contributed by atoms with Gasteiger partial charge in [-0.2, -0.15) is 0 Å². The van der Waals surface area contributed by atoms with E-state index in [1.54, 1.807) is 0 Å². The second-order valence-electron chi connectivity index (χ2n) is 4.28. The molecule has 94 valence electrons. The van der Waals surface area contributed by atoms with Gasteiger partial charge in [-0.15, -0.1) is 0 Å². The number of aliphatic hydroxyl groups excluding tert-OH is 1. The fourth-order valence-corrected chi connectivity index (χ4v) is 2.34. The molecule has 3 nitrogen and oxygen atoms in total. The van der Waals surface area contributed by atoms with E-state index in [1.807, 2.05) is 18.2 Å². The van der Waals surface area contributed by atoms with E-state index >= 15 is 0 Å². The fraction of sp³-hybridized carbons (Fsp3) is 0.538. The fourth-order valence-electron chi connectivity index (χ4n) is 1.93. The maximum absolute atomic E-state index is 9.26. The van der Waals surface area contributed by atoms with Crippen molar-refractivity contribution in [2.45, 2.75) is 19.4 Å². The summed E-state index contributed by atoms with van der Waals surface area (Å²) in [6.45, 7) is 2.38. The van der Waals surface area contributed by atoms with Crippen molar-refractivity contribution < 1.29 is 14.6 Å². The number of rotatable bonds is 4. The zero-order valence-corrected chi connectivity index (χ0v) is 11.3. The standard InChI is InChI=1S/C13H17BrO3/c14-12-1-2-13(11(7-12)8-15)17-9-10-3-5-16-6-4-10/h1-2,7,10,15H,3-6,8-9H2. The van der Waals surface area contributed by atoms with Gasteiger partial charge in [-0.3, -0.25) is 0 Å². The summed E-state index contributed by atoms with van der Waals surface area (Å²) in [6.07, 6.45) is 2.12. The first-order valence-electron chi connectivity index (χ1n) is 5.89. The van der Waals surface area contributed by atoms with E-state index in [0.29, 0.717) is 12.5 Å². The molecule has 0 unspecified atom stereocenters. The van der Waals surface area contributed by atoms with Crippen LogP contribution in [0.25, 0.3) is 0 Å². The molecular formula is C13H17BrO3. The first-order valence-corrected chi connectivity index (χ1v) is 6.68. The summed E-state index contributed by atoms with van der Waals surface area (Å²) >= 11 is 3.38. The second-order valence-corrected chi connectivity index (χ2v) is 5.19. The van der Waals surface area contributed by atoms with Crippen LogP contribution in [0.15, 0.2) is 22.7 Å². The quantitative estimate of drug-likeness (QED) is 0.929. The van der Waals surface area contributed by atoms with Crippen LogP contribution in [0, 0.1) is 5.92 Å². The van der Waals surface area contributed by atoms with Gasteiger partial charge in [-0.1, -0.05) is 15.9 Å². The predicted molar refractivity (Wildman–Crippen MR) is 69.1 cm³/mol. The molecule has 0 spiro atoms. The molecule has 17 heavy (non-hydrogen) atoms. The Morgan fingerprint density at radius 1 is 1.35 bits per heavy atom. The van der Waals surface area contributed by atoms with Gasteiger partial charge in [0.25, 0.3) is 0 Å². The molecule has 1 aliphatic rings. The molecule has 4 heteroatoms. The van der Waals surface area contributed by atoms with Gasteiger partial charge in [-0.25, -0.2) is 0 Å². The lowest BCUT2D eigenvalue weighted by atomic mass is 10.0. The van der Waals surface area contributed by atoms with Crippen molar-refractivity contribution in [2.24, 2.45) is 5.92 Å². The molecule has 0 saturated carbocycles. The highest BCUT2D eigenvalue weighted by atomic mass is 79.9. The van der Waals surface area contributed by atoms with Crippen molar-refractivity contribution in [3.63, 3.8) is 0 Å². The predicted octanol–water partition coefficient (Wildman–Crippen LogP) is 2.75.